The van der Waals surface area contributed by atoms with Gasteiger partial charge in [-0.2, -0.15) is 8.78 Å². The van der Waals surface area contributed by atoms with Crippen LogP contribution in [-0.4, -0.2) is 4.83 Å². The van der Waals surface area contributed by atoms with Crippen LogP contribution >= 0.6 is 27.5 Å². The van der Waals surface area contributed by atoms with Crippen molar-refractivity contribution in [1.82, 2.24) is 0 Å². The Balaban J connectivity index is 3.70. The molecule has 0 aromatic rings. The van der Waals surface area contributed by atoms with E-state index in [1.165, 1.54) is 6.08 Å². The molecule has 0 aliphatic carbocycles. The highest BCUT2D eigenvalue weighted by atomic mass is 79.9. The van der Waals surface area contributed by atoms with Gasteiger partial charge in [0.2, 0.25) is 0 Å². The van der Waals surface area contributed by atoms with Crippen LogP contribution in [0.3, 0.4) is 0 Å². The summed E-state index contributed by atoms with van der Waals surface area (Å²) < 4.78 is 24.7. The molecule has 0 unspecified atom stereocenters. The second-order valence-electron chi connectivity index (χ2n) is 2.55. The number of rotatable bonds is 5. The highest BCUT2D eigenvalue weighted by Gasteiger charge is 2.27. The summed E-state index contributed by atoms with van der Waals surface area (Å²) in [6.07, 6.45) is 5.03. The van der Waals surface area contributed by atoms with Crippen LogP contribution in [0.4, 0.5) is 8.78 Å². The molecule has 72 valence electrons. The third-order valence-corrected chi connectivity index (χ3v) is 2.45. The molecule has 0 nitrogen and oxygen atoms in total. The Morgan fingerprint density at radius 3 is 2.50 bits per heavy atom. The van der Waals surface area contributed by atoms with Gasteiger partial charge in [0.25, 0.3) is 0 Å². The third-order valence-electron chi connectivity index (χ3n) is 1.40. The summed E-state index contributed by atoms with van der Waals surface area (Å²) in [7, 11) is 0. The highest BCUT2D eigenvalue weighted by Crippen LogP contribution is 2.33. The molecular formula is C8H12BrClF2. The average Bonchev–Trinajstić information content (AvgIpc) is 1.96. The van der Waals surface area contributed by atoms with E-state index in [0.29, 0.717) is 6.42 Å². The fourth-order valence-corrected chi connectivity index (χ4v) is 1.01. The molecule has 0 saturated carbocycles. The Bertz CT molecular complexity index is 152. The lowest BCUT2D eigenvalue weighted by Gasteiger charge is -2.05. The largest absolute Gasteiger partial charge is 0.336 e. The summed E-state index contributed by atoms with van der Waals surface area (Å²) in [5.74, 6) is 0. The Morgan fingerprint density at radius 2 is 2.08 bits per heavy atom. The smallest absolute Gasteiger partial charge is 0.187 e. The molecule has 0 amide bonds. The van der Waals surface area contributed by atoms with Gasteiger partial charge in [0.1, 0.15) is 0 Å². The van der Waals surface area contributed by atoms with Gasteiger partial charge in [0, 0.05) is 0 Å². The number of halogens is 4. The van der Waals surface area contributed by atoms with Crippen molar-refractivity contribution in [3.8, 4) is 0 Å². The normalized spacial score (nSPS) is 13.6. The maximum absolute atomic E-state index is 12.3. The van der Waals surface area contributed by atoms with Gasteiger partial charge < -0.3 is 0 Å². The van der Waals surface area contributed by atoms with Crippen molar-refractivity contribution in [1.29, 1.82) is 0 Å². The van der Waals surface area contributed by atoms with Gasteiger partial charge in [-0.1, -0.05) is 37.4 Å². The zero-order valence-corrected chi connectivity index (χ0v) is 9.26. The Kier molecular flexibility index (Phi) is 6.10. The summed E-state index contributed by atoms with van der Waals surface area (Å²) in [4.78, 5) is -3.05. The number of unbranched alkanes of at least 4 members (excludes halogenated alkanes) is 3. The first kappa shape index (κ1) is 12.4. The molecule has 0 aliphatic heterocycles. The molecule has 0 spiro atoms. The van der Waals surface area contributed by atoms with Crippen molar-refractivity contribution in [3.63, 3.8) is 0 Å². The van der Waals surface area contributed by atoms with Crippen molar-refractivity contribution >= 4 is 27.5 Å². The maximum atomic E-state index is 12.3. The summed E-state index contributed by atoms with van der Waals surface area (Å²) in [5.41, 5.74) is 0. The van der Waals surface area contributed by atoms with Gasteiger partial charge >= 0.3 is 4.83 Å². The first-order valence-electron chi connectivity index (χ1n) is 3.91. The Morgan fingerprint density at radius 1 is 1.50 bits per heavy atom. The van der Waals surface area contributed by atoms with E-state index in [9.17, 15) is 8.78 Å². The lowest BCUT2D eigenvalue weighted by Crippen LogP contribution is -2.03. The van der Waals surface area contributed by atoms with E-state index >= 15 is 0 Å². The van der Waals surface area contributed by atoms with Crippen molar-refractivity contribution in [2.75, 3.05) is 0 Å². The van der Waals surface area contributed by atoms with Crippen molar-refractivity contribution < 1.29 is 8.78 Å². The minimum absolute atomic E-state index is 0.418. The van der Waals surface area contributed by atoms with Crippen molar-refractivity contribution in [2.45, 2.75) is 37.4 Å². The van der Waals surface area contributed by atoms with Crippen molar-refractivity contribution in [3.05, 3.63) is 11.1 Å². The van der Waals surface area contributed by atoms with Gasteiger partial charge in [0.15, 0.2) is 0 Å². The van der Waals surface area contributed by atoms with Gasteiger partial charge in [-0.15, -0.1) is 0 Å². The van der Waals surface area contributed by atoms with Gasteiger partial charge in [0.05, 0.1) is 5.03 Å². The molecule has 0 rings (SSSR count). The van der Waals surface area contributed by atoms with Gasteiger partial charge in [-0.3, -0.25) is 0 Å². The summed E-state index contributed by atoms with van der Waals surface area (Å²) in [6.45, 7) is 2.06. The van der Waals surface area contributed by atoms with Crippen LogP contribution in [0.1, 0.15) is 32.6 Å². The molecule has 0 radical (unpaired) electrons. The minimum atomic E-state index is -3.05. The fraction of sp³-hybridized carbons (Fsp3) is 0.750. The van der Waals surface area contributed by atoms with E-state index in [2.05, 4.69) is 22.9 Å². The first-order chi connectivity index (χ1) is 5.48. The number of hydrogen-bond donors (Lipinski definition) is 0. The van der Waals surface area contributed by atoms with Crippen LogP contribution in [-0.2, 0) is 0 Å². The monoisotopic (exact) mass is 260 g/mol. The average molecular weight is 262 g/mol. The lowest BCUT2D eigenvalue weighted by molar-refractivity contribution is 0.165. The molecule has 0 aromatic heterocycles. The first-order valence-corrected chi connectivity index (χ1v) is 5.08. The minimum Gasteiger partial charge on any atom is -0.187 e. The SMILES string of the molecule is CCCCCC=C(Cl)C(F)(F)Br. The second-order valence-corrected chi connectivity index (χ2v) is 3.95. The molecule has 0 N–H and O–H groups in total. The molecular weight excluding hydrogens is 249 g/mol. The third kappa shape index (κ3) is 5.95. The maximum Gasteiger partial charge on any atom is 0.336 e. The van der Waals surface area contributed by atoms with E-state index < -0.39 is 9.86 Å². The van der Waals surface area contributed by atoms with E-state index in [0.717, 1.165) is 19.3 Å². The van der Waals surface area contributed by atoms with Crippen LogP contribution in [0, 0.1) is 0 Å². The summed E-state index contributed by atoms with van der Waals surface area (Å²) in [6, 6.07) is 0. The quantitative estimate of drug-likeness (QED) is 0.498. The molecule has 12 heavy (non-hydrogen) atoms. The topological polar surface area (TPSA) is 0 Å². The molecule has 0 aromatic carbocycles. The highest BCUT2D eigenvalue weighted by molar-refractivity contribution is 9.10. The standard InChI is InChI=1S/C8H12BrClF2/c1-2-3-4-5-6-7(10)8(9,11)12/h6H,2-5H2,1H3. The van der Waals surface area contributed by atoms with Crippen LogP contribution < -0.4 is 0 Å². The predicted molar refractivity (Wildman–Crippen MR) is 52.0 cm³/mol. The molecule has 0 fully saturated rings. The molecule has 0 atom stereocenters. The second kappa shape index (κ2) is 5.92. The molecule has 0 aliphatic rings. The molecule has 0 saturated heterocycles. The zero-order chi connectivity index (χ0) is 9.61. The summed E-state index contributed by atoms with van der Waals surface area (Å²) in [5, 5.41) is -0.418. The van der Waals surface area contributed by atoms with Crippen LogP contribution in [0.5, 0.6) is 0 Å². The number of hydrogen-bond acceptors (Lipinski definition) is 0. The van der Waals surface area contributed by atoms with Crippen LogP contribution in [0.2, 0.25) is 0 Å². The van der Waals surface area contributed by atoms with Gasteiger partial charge in [-0.25, -0.2) is 0 Å². The summed E-state index contributed by atoms with van der Waals surface area (Å²) >= 11 is 7.48. The van der Waals surface area contributed by atoms with E-state index in [-0.39, 0.29) is 0 Å². The molecule has 4 heteroatoms. The molecule has 0 heterocycles. The molecule has 0 bridgehead atoms. The van der Waals surface area contributed by atoms with E-state index in [1.54, 1.807) is 0 Å². The predicted octanol–water partition coefficient (Wildman–Crippen LogP) is 4.68. The number of alkyl halides is 3. The Hall–Kier alpha value is 0.370. The van der Waals surface area contributed by atoms with Crippen molar-refractivity contribution in [2.24, 2.45) is 0 Å². The van der Waals surface area contributed by atoms with E-state index in [1.807, 2.05) is 0 Å². The fourth-order valence-electron chi connectivity index (χ4n) is 0.739. The zero-order valence-electron chi connectivity index (χ0n) is 6.92. The van der Waals surface area contributed by atoms with Crippen LogP contribution in [0.15, 0.2) is 11.1 Å². The lowest BCUT2D eigenvalue weighted by atomic mass is 10.2. The van der Waals surface area contributed by atoms with E-state index in [4.69, 9.17) is 11.6 Å². The number of allylic oxidation sites excluding steroid dienone is 2. The Labute approximate surface area is 85.1 Å². The van der Waals surface area contributed by atoms with Gasteiger partial charge in [-0.05, 0) is 28.8 Å². The van der Waals surface area contributed by atoms with Crippen LogP contribution in [0.25, 0.3) is 0 Å².